The van der Waals surface area contributed by atoms with Crippen molar-refractivity contribution >= 4 is 17.5 Å². The van der Waals surface area contributed by atoms with Crippen LogP contribution in [-0.2, 0) is 9.53 Å². The predicted molar refractivity (Wildman–Crippen MR) is 92.5 cm³/mol. The van der Waals surface area contributed by atoms with Crippen molar-refractivity contribution < 1.29 is 14.3 Å². The topological polar surface area (TPSA) is 85.6 Å². The van der Waals surface area contributed by atoms with E-state index in [-0.39, 0.29) is 11.9 Å². The number of fused-ring (bicyclic) bond motifs is 1. The molecule has 1 fully saturated rings. The van der Waals surface area contributed by atoms with Crippen LogP contribution in [0.3, 0.4) is 0 Å². The third kappa shape index (κ3) is 3.50. The molecule has 0 aromatic carbocycles. The van der Waals surface area contributed by atoms with Gasteiger partial charge in [0.15, 0.2) is 11.8 Å². The highest BCUT2D eigenvalue weighted by Gasteiger charge is 2.27. The number of aryl methyl sites for hydroxylation is 3. The van der Waals surface area contributed by atoms with E-state index in [4.69, 9.17) is 4.74 Å². The van der Waals surface area contributed by atoms with Crippen molar-refractivity contribution in [3.8, 4) is 0 Å². The van der Waals surface area contributed by atoms with Crippen LogP contribution < -0.4 is 5.32 Å². The molecule has 7 heteroatoms. The van der Waals surface area contributed by atoms with Crippen LogP contribution in [0.1, 0.15) is 60.0 Å². The molecule has 2 heterocycles. The fourth-order valence-electron chi connectivity index (χ4n) is 3.33. The molecule has 7 nitrogen and oxygen atoms in total. The van der Waals surface area contributed by atoms with Gasteiger partial charge in [-0.1, -0.05) is 12.8 Å². The summed E-state index contributed by atoms with van der Waals surface area (Å²) in [6.45, 7) is 7.10. The minimum atomic E-state index is -0.853. The summed E-state index contributed by atoms with van der Waals surface area (Å²) in [7, 11) is 0. The molecule has 1 saturated carbocycles. The Labute approximate surface area is 146 Å². The lowest BCUT2D eigenvalue weighted by atomic mass is 10.2. The van der Waals surface area contributed by atoms with Crippen LogP contribution in [0, 0.1) is 20.8 Å². The maximum atomic E-state index is 12.6. The Hall–Kier alpha value is -2.44. The third-order valence-corrected chi connectivity index (χ3v) is 4.63. The molecule has 1 aliphatic rings. The van der Waals surface area contributed by atoms with Gasteiger partial charge in [-0.25, -0.2) is 14.3 Å². The Morgan fingerprint density at radius 1 is 1.28 bits per heavy atom. The second kappa shape index (κ2) is 6.82. The normalized spacial score (nSPS) is 16.2. The Kier molecular flexibility index (Phi) is 4.74. The van der Waals surface area contributed by atoms with Crippen molar-refractivity contribution in [2.45, 2.75) is 65.5 Å². The SMILES string of the molecule is Cc1cc(C)n2nc(C)c(C(=O)O[C@H](C)C(=O)NC3CCCC3)c2n1. The van der Waals surface area contributed by atoms with Crippen LogP contribution in [0.5, 0.6) is 0 Å². The highest BCUT2D eigenvalue weighted by atomic mass is 16.5. The molecule has 0 unspecified atom stereocenters. The van der Waals surface area contributed by atoms with Gasteiger partial charge < -0.3 is 10.1 Å². The number of nitrogens with zero attached hydrogens (tertiary/aromatic N) is 3. The van der Waals surface area contributed by atoms with Crippen LogP contribution >= 0.6 is 0 Å². The summed E-state index contributed by atoms with van der Waals surface area (Å²) >= 11 is 0. The van der Waals surface area contributed by atoms with Gasteiger partial charge in [-0.05, 0) is 46.6 Å². The number of rotatable bonds is 4. The first kappa shape index (κ1) is 17.4. The minimum absolute atomic E-state index is 0.194. The molecule has 25 heavy (non-hydrogen) atoms. The van der Waals surface area contributed by atoms with E-state index in [1.165, 1.54) is 0 Å². The van der Waals surface area contributed by atoms with Crippen LogP contribution in [0.25, 0.3) is 5.65 Å². The lowest BCUT2D eigenvalue weighted by Gasteiger charge is -2.17. The zero-order valence-electron chi connectivity index (χ0n) is 15.1. The van der Waals surface area contributed by atoms with Crippen molar-refractivity contribution in [1.29, 1.82) is 0 Å². The fourth-order valence-corrected chi connectivity index (χ4v) is 3.33. The van der Waals surface area contributed by atoms with Gasteiger partial charge in [-0.3, -0.25) is 4.79 Å². The number of hydrogen-bond acceptors (Lipinski definition) is 5. The largest absolute Gasteiger partial charge is 0.449 e. The van der Waals surface area contributed by atoms with Crippen LogP contribution in [0.15, 0.2) is 6.07 Å². The monoisotopic (exact) mass is 344 g/mol. The van der Waals surface area contributed by atoms with E-state index >= 15 is 0 Å². The molecular weight excluding hydrogens is 320 g/mol. The van der Waals surface area contributed by atoms with Crippen molar-refractivity contribution in [1.82, 2.24) is 19.9 Å². The van der Waals surface area contributed by atoms with Gasteiger partial charge in [0.25, 0.3) is 5.91 Å². The van der Waals surface area contributed by atoms with Gasteiger partial charge in [-0.15, -0.1) is 0 Å². The molecule has 1 atom stereocenters. The van der Waals surface area contributed by atoms with E-state index in [2.05, 4.69) is 15.4 Å². The zero-order chi connectivity index (χ0) is 18.1. The number of nitrogens with one attached hydrogen (secondary N) is 1. The first-order chi connectivity index (χ1) is 11.9. The van der Waals surface area contributed by atoms with Gasteiger partial charge >= 0.3 is 5.97 Å². The van der Waals surface area contributed by atoms with E-state index in [1.807, 2.05) is 19.9 Å². The van der Waals surface area contributed by atoms with Gasteiger partial charge in [0.2, 0.25) is 0 Å². The summed E-state index contributed by atoms with van der Waals surface area (Å²) in [6, 6.07) is 2.09. The summed E-state index contributed by atoms with van der Waals surface area (Å²) in [5, 5.41) is 7.31. The van der Waals surface area contributed by atoms with Gasteiger partial charge in [0.05, 0.1) is 5.69 Å². The first-order valence-electron chi connectivity index (χ1n) is 8.71. The fraction of sp³-hybridized carbons (Fsp3) is 0.556. The Morgan fingerprint density at radius 2 is 1.96 bits per heavy atom. The summed E-state index contributed by atoms with van der Waals surface area (Å²) in [6.07, 6.45) is 3.38. The number of ether oxygens (including phenoxy) is 1. The molecule has 134 valence electrons. The van der Waals surface area contributed by atoms with Gasteiger partial charge in [-0.2, -0.15) is 5.10 Å². The molecule has 0 bridgehead atoms. The standard InChI is InChI=1S/C18H24N4O3/c1-10-9-11(2)22-16(19-10)15(12(3)21-22)18(24)25-13(4)17(23)20-14-7-5-6-8-14/h9,13-14H,5-8H2,1-4H3,(H,20,23)/t13-/m1/s1. The quantitative estimate of drug-likeness (QED) is 0.860. The Bertz CT molecular complexity index is 821. The summed E-state index contributed by atoms with van der Waals surface area (Å²) in [4.78, 5) is 29.3. The molecule has 0 saturated heterocycles. The number of aromatic nitrogens is 3. The molecular formula is C18H24N4O3. The Morgan fingerprint density at radius 3 is 2.64 bits per heavy atom. The minimum Gasteiger partial charge on any atom is -0.449 e. The molecule has 3 rings (SSSR count). The first-order valence-corrected chi connectivity index (χ1v) is 8.71. The highest BCUT2D eigenvalue weighted by molar-refractivity contribution is 5.98. The average molecular weight is 344 g/mol. The highest BCUT2D eigenvalue weighted by Crippen LogP contribution is 2.19. The maximum Gasteiger partial charge on any atom is 0.344 e. The van der Waals surface area contributed by atoms with Crippen molar-refractivity contribution in [2.75, 3.05) is 0 Å². The van der Waals surface area contributed by atoms with Crippen molar-refractivity contribution in [2.24, 2.45) is 0 Å². The molecule has 2 aromatic rings. The number of carbonyl (C=O) groups excluding carboxylic acids is 2. The number of carbonyl (C=O) groups is 2. The molecule has 1 aliphatic carbocycles. The van der Waals surface area contributed by atoms with Gasteiger partial charge in [0, 0.05) is 17.4 Å². The van der Waals surface area contributed by atoms with E-state index < -0.39 is 12.1 Å². The number of hydrogen-bond donors (Lipinski definition) is 1. The van der Waals surface area contributed by atoms with E-state index in [9.17, 15) is 9.59 Å². The van der Waals surface area contributed by atoms with Crippen molar-refractivity contribution in [3.05, 3.63) is 28.7 Å². The Balaban J connectivity index is 1.77. The van der Waals surface area contributed by atoms with E-state index in [0.717, 1.165) is 37.1 Å². The zero-order valence-corrected chi connectivity index (χ0v) is 15.1. The second-order valence-corrected chi connectivity index (χ2v) is 6.77. The molecule has 0 spiro atoms. The lowest BCUT2D eigenvalue weighted by Crippen LogP contribution is -2.40. The van der Waals surface area contributed by atoms with E-state index in [0.29, 0.717) is 16.9 Å². The maximum absolute atomic E-state index is 12.6. The van der Waals surface area contributed by atoms with E-state index in [1.54, 1.807) is 18.4 Å². The predicted octanol–water partition coefficient (Wildman–Crippen LogP) is 2.26. The second-order valence-electron chi connectivity index (χ2n) is 6.77. The molecule has 0 radical (unpaired) electrons. The summed E-state index contributed by atoms with van der Waals surface area (Å²) in [5.74, 6) is -0.825. The lowest BCUT2D eigenvalue weighted by molar-refractivity contribution is -0.129. The average Bonchev–Trinajstić information content (AvgIpc) is 3.14. The van der Waals surface area contributed by atoms with Crippen LogP contribution in [-0.4, -0.2) is 38.6 Å². The van der Waals surface area contributed by atoms with Crippen LogP contribution in [0.4, 0.5) is 0 Å². The van der Waals surface area contributed by atoms with Gasteiger partial charge in [0.1, 0.15) is 5.56 Å². The summed E-state index contributed by atoms with van der Waals surface area (Å²) in [5.41, 5.74) is 2.99. The molecule has 0 aliphatic heterocycles. The van der Waals surface area contributed by atoms with Crippen molar-refractivity contribution in [3.63, 3.8) is 0 Å². The smallest absolute Gasteiger partial charge is 0.344 e. The molecule has 2 aromatic heterocycles. The molecule has 1 amide bonds. The number of esters is 1. The number of amides is 1. The molecule has 1 N–H and O–H groups in total. The third-order valence-electron chi connectivity index (χ3n) is 4.63. The van der Waals surface area contributed by atoms with Crippen LogP contribution in [0.2, 0.25) is 0 Å². The summed E-state index contributed by atoms with van der Waals surface area (Å²) < 4.78 is 7.02.